The van der Waals surface area contributed by atoms with Gasteiger partial charge in [0, 0.05) is 6.07 Å². The molecule has 0 saturated heterocycles. The van der Waals surface area contributed by atoms with Gasteiger partial charge in [-0.3, -0.25) is 0 Å². The number of ether oxygens (including phenoxy) is 2. The molecule has 1 aromatic carbocycles. The van der Waals surface area contributed by atoms with E-state index in [2.05, 4.69) is 5.10 Å². The Balaban J connectivity index is 2.09. The SMILES string of the molecule is Cc1nn(-c2ccc3c(c2)OCCO3)c(C)c1N. The molecule has 1 aliphatic rings. The number of hydrogen-bond acceptors (Lipinski definition) is 4. The fraction of sp³-hybridized carbons (Fsp3) is 0.308. The third-order valence-corrected chi connectivity index (χ3v) is 3.12. The predicted octanol–water partition coefficient (Wildman–Crippen LogP) is 1.84. The molecule has 0 amide bonds. The zero-order valence-electron chi connectivity index (χ0n) is 10.4. The van der Waals surface area contributed by atoms with Gasteiger partial charge in [0.25, 0.3) is 0 Å². The summed E-state index contributed by atoms with van der Waals surface area (Å²) in [5.41, 5.74) is 9.36. The number of rotatable bonds is 1. The van der Waals surface area contributed by atoms with E-state index in [1.54, 1.807) is 0 Å². The molecule has 5 nitrogen and oxygen atoms in total. The molecule has 2 N–H and O–H groups in total. The van der Waals surface area contributed by atoms with Crippen molar-refractivity contribution < 1.29 is 9.47 Å². The van der Waals surface area contributed by atoms with E-state index >= 15 is 0 Å². The normalized spacial score (nSPS) is 13.7. The molecule has 3 rings (SSSR count). The van der Waals surface area contributed by atoms with Crippen LogP contribution in [-0.2, 0) is 0 Å². The lowest BCUT2D eigenvalue weighted by molar-refractivity contribution is 0.171. The molecule has 0 bridgehead atoms. The molecule has 94 valence electrons. The largest absolute Gasteiger partial charge is 0.486 e. The number of fused-ring (bicyclic) bond motifs is 1. The number of nitrogens with zero attached hydrogens (tertiary/aromatic N) is 2. The molecule has 0 fully saturated rings. The summed E-state index contributed by atoms with van der Waals surface area (Å²) in [7, 11) is 0. The summed E-state index contributed by atoms with van der Waals surface area (Å²) in [6.45, 7) is 5.03. The third-order valence-electron chi connectivity index (χ3n) is 3.12. The topological polar surface area (TPSA) is 62.3 Å². The third kappa shape index (κ3) is 1.59. The number of anilines is 1. The Hall–Kier alpha value is -2.17. The number of benzene rings is 1. The van der Waals surface area contributed by atoms with Crippen LogP contribution in [0.2, 0.25) is 0 Å². The number of hydrogen-bond donors (Lipinski definition) is 1. The van der Waals surface area contributed by atoms with E-state index < -0.39 is 0 Å². The highest BCUT2D eigenvalue weighted by Crippen LogP contribution is 2.32. The fourth-order valence-corrected chi connectivity index (χ4v) is 2.07. The lowest BCUT2D eigenvalue weighted by atomic mass is 10.2. The van der Waals surface area contributed by atoms with Gasteiger partial charge in [0.05, 0.1) is 22.8 Å². The maximum atomic E-state index is 5.94. The molecule has 1 aromatic heterocycles. The average Bonchev–Trinajstić information content (AvgIpc) is 2.66. The Labute approximate surface area is 105 Å². The van der Waals surface area contributed by atoms with E-state index in [0.29, 0.717) is 13.2 Å². The lowest BCUT2D eigenvalue weighted by Gasteiger charge is -2.19. The summed E-state index contributed by atoms with van der Waals surface area (Å²) in [4.78, 5) is 0. The highest BCUT2D eigenvalue weighted by molar-refractivity contribution is 5.54. The van der Waals surface area contributed by atoms with Gasteiger partial charge < -0.3 is 15.2 Å². The van der Waals surface area contributed by atoms with Crippen LogP contribution in [0.15, 0.2) is 18.2 Å². The lowest BCUT2D eigenvalue weighted by Crippen LogP contribution is -2.15. The molecule has 18 heavy (non-hydrogen) atoms. The van der Waals surface area contributed by atoms with E-state index in [0.717, 1.165) is 34.3 Å². The molecule has 0 unspecified atom stereocenters. The van der Waals surface area contributed by atoms with Crippen LogP contribution in [0.4, 0.5) is 5.69 Å². The Kier molecular flexibility index (Phi) is 2.40. The number of nitrogens with two attached hydrogens (primary N) is 1. The van der Waals surface area contributed by atoms with Crippen LogP contribution in [0.3, 0.4) is 0 Å². The van der Waals surface area contributed by atoms with Crippen LogP contribution in [0, 0.1) is 13.8 Å². The Morgan fingerprint density at radius 1 is 1.17 bits per heavy atom. The summed E-state index contributed by atoms with van der Waals surface area (Å²) >= 11 is 0. The highest BCUT2D eigenvalue weighted by Gasteiger charge is 2.15. The standard InChI is InChI=1S/C13H15N3O2/c1-8-13(14)9(2)16(15-8)10-3-4-11-12(7-10)18-6-5-17-11/h3-4,7H,5-6,14H2,1-2H3. The van der Waals surface area contributed by atoms with Gasteiger partial charge >= 0.3 is 0 Å². The van der Waals surface area contributed by atoms with E-state index in [9.17, 15) is 0 Å². The second-order valence-corrected chi connectivity index (χ2v) is 4.32. The molecular formula is C13H15N3O2. The van der Waals surface area contributed by atoms with E-state index in [1.807, 2.05) is 36.7 Å². The molecule has 0 spiro atoms. The van der Waals surface area contributed by atoms with Crippen molar-refractivity contribution in [3.8, 4) is 17.2 Å². The molecule has 1 aliphatic heterocycles. The highest BCUT2D eigenvalue weighted by atomic mass is 16.6. The molecule has 0 radical (unpaired) electrons. The fourth-order valence-electron chi connectivity index (χ4n) is 2.07. The van der Waals surface area contributed by atoms with Gasteiger partial charge in [0.15, 0.2) is 11.5 Å². The van der Waals surface area contributed by atoms with Crippen molar-refractivity contribution >= 4 is 5.69 Å². The first-order valence-corrected chi connectivity index (χ1v) is 5.88. The van der Waals surface area contributed by atoms with Crippen molar-refractivity contribution in [1.82, 2.24) is 9.78 Å². The Morgan fingerprint density at radius 2 is 1.89 bits per heavy atom. The van der Waals surface area contributed by atoms with Gasteiger partial charge in [0.2, 0.25) is 0 Å². The zero-order chi connectivity index (χ0) is 12.7. The van der Waals surface area contributed by atoms with E-state index in [4.69, 9.17) is 15.2 Å². The summed E-state index contributed by atoms with van der Waals surface area (Å²) < 4.78 is 12.9. The summed E-state index contributed by atoms with van der Waals surface area (Å²) in [6, 6.07) is 5.77. The first kappa shape index (κ1) is 11.0. The van der Waals surface area contributed by atoms with Crippen LogP contribution in [-0.4, -0.2) is 23.0 Å². The van der Waals surface area contributed by atoms with Gasteiger partial charge in [-0.25, -0.2) is 4.68 Å². The average molecular weight is 245 g/mol. The molecule has 0 saturated carbocycles. The molecule has 5 heteroatoms. The summed E-state index contributed by atoms with van der Waals surface area (Å²) in [6.07, 6.45) is 0. The first-order chi connectivity index (χ1) is 8.66. The van der Waals surface area contributed by atoms with Crippen molar-refractivity contribution in [1.29, 1.82) is 0 Å². The van der Waals surface area contributed by atoms with Crippen LogP contribution < -0.4 is 15.2 Å². The minimum absolute atomic E-state index is 0.579. The van der Waals surface area contributed by atoms with Crippen LogP contribution in [0.5, 0.6) is 11.5 Å². The second kappa shape index (κ2) is 3.94. The van der Waals surface area contributed by atoms with Gasteiger partial charge in [-0.15, -0.1) is 0 Å². The van der Waals surface area contributed by atoms with Gasteiger partial charge in [-0.1, -0.05) is 0 Å². The number of nitrogen functional groups attached to an aromatic ring is 1. The Morgan fingerprint density at radius 3 is 2.56 bits per heavy atom. The van der Waals surface area contributed by atoms with Crippen molar-refractivity contribution in [2.75, 3.05) is 18.9 Å². The molecular weight excluding hydrogens is 230 g/mol. The van der Waals surface area contributed by atoms with Gasteiger partial charge in [-0.05, 0) is 26.0 Å². The minimum atomic E-state index is 0.579. The van der Waals surface area contributed by atoms with Crippen molar-refractivity contribution in [3.63, 3.8) is 0 Å². The quantitative estimate of drug-likeness (QED) is 0.832. The Bertz CT molecular complexity index is 605. The second-order valence-electron chi connectivity index (χ2n) is 4.32. The van der Waals surface area contributed by atoms with E-state index in [1.165, 1.54) is 0 Å². The van der Waals surface area contributed by atoms with Crippen LogP contribution in [0.1, 0.15) is 11.4 Å². The zero-order valence-corrected chi connectivity index (χ0v) is 10.4. The first-order valence-electron chi connectivity index (χ1n) is 5.88. The molecule has 2 heterocycles. The van der Waals surface area contributed by atoms with Crippen molar-refractivity contribution in [2.24, 2.45) is 0 Å². The summed E-state index contributed by atoms with van der Waals surface area (Å²) in [5, 5.41) is 4.42. The van der Waals surface area contributed by atoms with Crippen LogP contribution in [0.25, 0.3) is 5.69 Å². The molecule has 0 atom stereocenters. The predicted molar refractivity (Wildman–Crippen MR) is 68.4 cm³/mol. The monoisotopic (exact) mass is 245 g/mol. The van der Waals surface area contributed by atoms with Gasteiger partial charge in [-0.2, -0.15) is 5.10 Å². The number of aryl methyl sites for hydroxylation is 1. The van der Waals surface area contributed by atoms with Gasteiger partial charge in [0.1, 0.15) is 13.2 Å². The van der Waals surface area contributed by atoms with E-state index in [-0.39, 0.29) is 0 Å². The maximum absolute atomic E-state index is 5.94. The molecule has 2 aromatic rings. The maximum Gasteiger partial charge on any atom is 0.163 e. The minimum Gasteiger partial charge on any atom is -0.486 e. The number of aromatic nitrogens is 2. The van der Waals surface area contributed by atoms with Crippen molar-refractivity contribution in [2.45, 2.75) is 13.8 Å². The molecule has 0 aliphatic carbocycles. The van der Waals surface area contributed by atoms with Crippen LogP contribution >= 0.6 is 0 Å². The van der Waals surface area contributed by atoms with Crippen molar-refractivity contribution in [3.05, 3.63) is 29.6 Å². The summed E-state index contributed by atoms with van der Waals surface area (Å²) in [5.74, 6) is 1.53. The smallest absolute Gasteiger partial charge is 0.163 e.